The van der Waals surface area contributed by atoms with E-state index in [1.54, 1.807) is 29.7 Å². The van der Waals surface area contributed by atoms with Crippen molar-refractivity contribution in [1.82, 2.24) is 4.57 Å². The van der Waals surface area contributed by atoms with Crippen LogP contribution in [-0.2, 0) is 16.4 Å². The maximum absolute atomic E-state index is 15.2. The summed E-state index contributed by atoms with van der Waals surface area (Å²) in [6.07, 6.45) is 4.17. The molecule has 2 heterocycles. The number of sulfone groups is 1. The average Bonchev–Trinajstić information content (AvgIpc) is 2.77. The molecule has 1 aliphatic rings. The van der Waals surface area contributed by atoms with E-state index < -0.39 is 21.1 Å². The maximum Gasteiger partial charge on any atom is 0.212 e. The molecule has 3 aromatic rings. The third-order valence-electron chi connectivity index (χ3n) is 6.63. The van der Waals surface area contributed by atoms with E-state index in [2.05, 4.69) is 6.92 Å². The normalized spacial score (nSPS) is 15.4. The van der Waals surface area contributed by atoms with Crippen molar-refractivity contribution in [2.45, 2.75) is 63.3 Å². The van der Waals surface area contributed by atoms with Crippen LogP contribution in [0.25, 0.3) is 10.9 Å². The fourth-order valence-corrected chi connectivity index (χ4v) is 6.29. The Bertz CT molecular complexity index is 1370. The van der Waals surface area contributed by atoms with Crippen molar-refractivity contribution in [3.8, 4) is 0 Å². The van der Waals surface area contributed by atoms with Crippen LogP contribution < -0.4 is 10.3 Å². The third kappa shape index (κ3) is 4.31. The molecular weight excluding hydrogens is 439 g/mol. The van der Waals surface area contributed by atoms with E-state index in [0.717, 1.165) is 37.9 Å². The summed E-state index contributed by atoms with van der Waals surface area (Å²) in [5, 5.41) is 0.0986. The van der Waals surface area contributed by atoms with Gasteiger partial charge in [-0.2, -0.15) is 0 Å². The number of pyridine rings is 1. The van der Waals surface area contributed by atoms with Gasteiger partial charge in [0.05, 0.1) is 21.5 Å². The molecule has 1 fully saturated rings. The summed E-state index contributed by atoms with van der Waals surface area (Å²) in [5.74, 6) is 0.124. The smallest absolute Gasteiger partial charge is 0.212 e. The quantitative estimate of drug-likeness (QED) is 0.512. The maximum atomic E-state index is 15.2. The Morgan fingerprint density at radius 1 is 1.06 bits per heavy atom. The van der Waals surface area contributed by atoms with Crippen LogP contribution in [-0.4, -0.2) is 26.1 Å². The molecular formula is C26H31FN2O3S. The zero-order chi connectivity index (χ0) is 23.9. The van der Waals surface area contributed by atoms with Gasteiger partial charge in [-0.1, -0.05) is 26.0 Å². The largest absolute Gasteiger partial charge is 0.369 e. The summed E-state index contributed by atoms with van der Waals surface area (Å²) in [5.41, 5.74) is 1.75. The molecule has 1 aromatic heterocycles. The zero-order valence-electron chi connectivity index (χ0n) is 19.7. The molecule has 2 aromatic carbocycles. The number of nitrogens with zero attached hydrogens (tertiary/aromatic N) is 2. The lowest BCUT2D eigenvalue weighted by Gasteiger charge is -2.32. The summed E-state index contributed by atoms with van der Waals surface area (Å²) in [4.78, 5) is 15.2. The number of aryl methyl sites for hydroxylation is 3. The van der Waals surface area contributed by atoms with Gasteiger partial charge in [0.25, 0.3) is 0 Å². The molecule has 0 spiro atoms. The first-order chi connectivity index (χ1) is 15.6. The van der Waals surface area contributed by atoms with E-state index in [0.29, 0.717) is 29.2 Å². The number of anilines is 1. The van der Waals surface area contributed by atoms with Crippen LogP contribution in [0.4, 0.5) is 10.1 Å². The first-order valence-electron chi connectivity index (χ1n) is 11.6. The number of rotatable bonds is 5. The number of halogens is 1. The molecule has 0 amide bonds. The van der Waals surface area contributed by atoms with Crippen LogP contribution in [0.2, 0.25) is 0 Å². The Balaban J connectivity index is 1.93. The molecule has 7 heteroatoms. The van der Waals surface area contributed by atoms with E-state index in [-0.39, 0.29) is 15.2 Å². The Morgan fingerprint density at radius 2 is 1.76 bits per heavy atom. The number of fused-ring (bicyclic) bond motifs is 1. The average molecular weight is 471 g/mol. The molecule has 1 aliphatic heterocycles. The van der Waals surface area contributed by atoms with Gasteiger partial charge in [0.2, 0.25) is 15.3 Å². The predicted molar refractivity (Wildman–Crippen MR) is 130 cm³/mol. The lowest BCUT2D eigenvalue weighted by atomic mass is 9.98. The Labute approximate surface area is 194 Å². The van der Waals surface area contributed by atoms with Crippen molar-refractivity contribution in [3.63, 3.8) is 0 Å². The molecule has 0 unspecified atom stereocenters. The van der Waals surface area contributed by atoms with Crippen LogP contribution in [0.5, 0.6) is 0 Å². The minimum absolute atomic E-state index is 0.0986. The van der Waals surface area contributed by atoms with Gasteiger partial charge in [0, 0.05) is 25.8 Å². The highest BCUT2D eigenvalue weighted by molar-refractivity contribution is 7.91. The number of hydrogen-bond donors (Lipinski definition) is 0. The molecule has 0 N–H and O–H groups in total. The van der Waals surface area contributed by atoms with Crippen LogP contribution in [0.1, 0.15) is 44.2 Å². The minimum Gasteiger partial charge on any atom is -0.369 e. The van der Waals surface area contributed by atoms with Crippen molar-refractivity contribution in [2.75, 3.05) is 18.0 Å². The van der Waals surface area contributed by atoms with E-state index in [9.17, 15) is 13.2 Å². The highest BCUT2D eigenvalue weighted by Crippen LogP contribution is 2.31. The standard InChI is InChI=1S/C26H31FN2O3S/c1-5-10-29-16-25(33(31,32)24-13-18(3)6-7-19(24)4)26(30)20-14-21(27)23(15-22(20)29)28-11-8-17(2)9-12-28/h6-7,13-17H,5,8-12H2,1-4H3. The second kappa shape index (κ2) is 8.93. The second-order valence-corrected chi connectivity index (χ2v) is 11.2. The van der Waals surface area contributed by atoms with Crippen LogP contribution in [0.15, 0.2) is 51.1 Å². The Morgan fingerprint density at radius 3 is 2.42 bits per heavy atom. The molecule has 0 atom stereocenters. The molecule has 33 heavy (non-hydrogen) atoms. The van der Waals surface area contributed by atoms with Gasteiger partial charge in [0.1, 0.15) is 10.7 Å². The second-order valence-electron chi connectivity index (χ2n) is 9.28. The SMILES string of the molecule is CCCn1cc(S(=O)(=O)c2cc(C)ccc2C)c(=O)c2cc(F)c(N3CCC(C)CC3)cc21. The molecule has 0 radical (unpaired) electrons. The highest BCUT2D eigenvalue weighted by Gasteiger charge is 2.27. The van der Waals surface area contributed by atoms with E-state index in [4.69, 9.17) is 0 Å². The van der Waals surface area contributed by atoms with Crippen LogP contribution in [0, 0.1) is 25.6 Å². The summed E-state index contributed by atoms with van der Waals surface area (Å²) >= 11 is 0. The predicted octanol–water partition coefficient (Wildman–Crippen LogP) is 5.24. The summed E-state index contributed by atoms with van der Waals surface area (Å²) in [6, 6.07) is 8.09. The topological polar surface area (TPSA) is 59.4 Å². The van der Waals surface area contributed by atoms with Gasteiger partial charge in [-0.05, 0) is 68.4 Å². The molecule has 0 bridgehead atoms. The Hall–Kier alpha value is -2.67. The monoisotopic (exact) mass is 470 g/mol. The fourth-order valence-electron chi connectivity index (χ4n) is 4.60. The Kier molecular flexibility index (Phi) is 6.36. The van der Waals surface area contributed by atoms with Crippen LogP contribution in [0.3, 0.4) is 0 Å². The van der Waals surface area contributed by atoms with Gasteiger partial charge >= 0.3 is 0 Å². The summed E-state index contributed by atoms with van der Waals surface area (Å²) in [6.45, 7) is 9.76. The minimum atomic E-state index is -4.07. The van der Waals surface area contributed by atoms with E-state index >= 15 is 4.39 Å². The van der Waals surface area contributed by atoms with Crippen molar-refractivity contribution in [2.24, 2.45) is 5.92 Å². The fraction of sp³-hybridized carbons (Fsp3) is 0.423. The molecule has 1 saturated heterocycles. The molecule has 5 nitrogen and oxygen atoms in total. The van der Waals surface area contributed by atoms with Crippen LogP contribution >= 0.6 is 0 Å². The van der Waals surface area contributed by atoms with E-state index in [1.807, 2.05) is 24.8 Å². The zero-order valence-corrected chi connectivity index (χ0v) is 20.5. The van der Waals surface area contributed by atoms with Crippen molar-refractivity contribution < 1.29 is 12.8 Å². The van der Waals surface area contributed by atoms with Gasteiger partial charge in [0.15, 0.2) is 0 Å². The van der Waals surface area contributed by atoms with Gasteiger partial charge < -0.3 is 9.47 Å². The number of piperidine rings is 1. The van der Waals surface area contributed by atoms with Gasteiger partial charge in [-0.25, -0.2) is 12.8 Å². The van der Waals surface area contributed by atoms with Gasteiger partial charge in [-0.15, -0.1) is 0 Å². The van der Waals surface area contributed by atoms with Crippen molar-refractivity contribution >= 4 is 26.4 Å². The number of aromatic nitrogens is 1. The van der Waals surface area contributed by atoms with Crippen molar-refractivity contribution in [3.05, 3.63) is 63.7 Å². The van der Waals surface area contributed by atoms with E-state index in [1.165, 1.54) is 12.3 Å². The number of hydrogen-bond acceptors (Lipinski definition) is 4. The van der Waals surface area contributed by atoms with Gasteiger partial charge in [-0.3, -0.25) is 4.79 Å². The molecule has 4 rings (SSSR count). The molecule has 0 aliphatic carbocycles. The lowest BCUT2D eigenvalue weighted by Crippen LogP contribution is -2.33. The van der Waals surface area contributed by atoms with Crippen molar-refractivity contribution in [1.29, 1.82) is 0 Å². The lowest BCUT2D eigenvalue weighted by molar-refractivity contribution is 0.434. The molecule has 176 valence electrons. The summed E-state index contributed by atoms with van der Waals surface area (Å²) < 4.78 is 44.1. The number of benzene rings is 2. The third-order valence-corrected chi connectivity index (χ3v) is 8.52. The molecule has 0 saturated carbocycles. The summed E-state index contributed by atoms with van der Waals surface area (Å²) in [7, 11) is -4.07. The first-order valence-corrected chi connectivity index (χ1v) is 13.1. The first kappa shape index (κ1) is 23.5. The highest BCUT2D eigenvalue weighted by atomic mass is 32.2.